The number of rotatable bonds is 2. The zero-order valence-corrected chi connectivity index (χ0v) is 6.06. The molecule has 0 unspecified atom stereocenters. The molecule has 50 valence electrons. The van der Waals surface area contributed by atoms with E-state index in [1.807, 2.05) is 0 Å². The van der Waals surface area contributed by atoms with Crippen LogP contribution in [0, 0.1) is 5.92 Å². The first-order chi connectivity index (χ1) is 4.29. The average Bonchev–Trinajstić information content (AvgIpc) is 2.15. The minimum atomic E-state index is 0.877. The molecule has 1 rings (SSSR count). The summed E-state index contributed by atoms with van der Waals surface area (Å²) < 4.78 is 0. The number of hydrogen-bond acceptors (Lipinski definition) is 0. The van der Waals surface area contributed by atoms with Gasteiger partial charge in [0.2, 0.25) is 0 Å². The SMILES string of the molecule is C=C(C)CC1CC=CC1. The van der Waals surface area contributed by atoms with Crippen molar-refractivity contribution in [1.29, 1.82) is 0 Å². The zero-order valence-electron chi connectivity index (χ0n) is 6.06. The number of hydrogen-bond donors (Lipinski definition) is 0. The van der Waals surface area contributed by atoms with Crippen LogP contribution in [0.3, 0.4) is 0 Å². The van der Waals surface area contributed by atoms with Gasteiger partial charge in [-0.2, -0.15) is 0 Å². The second-order valence-corrected chi connectivity index (χ2v) is 2.97. The normalized spacial score (nSPS) is 18.8. The Hall–Kier alpha value is -0.520. The maximum Gasteiger partial charge on any atom is -0.0291 e. The Kier molecular flexibility index (Phi) is 2.10. The standard InChI is InChI=1S/C9H14/c1-8(2)7-9-5-3-4-6-9/h3-4,9H,1,5-7H2,2H3. The van der Waals surface area contributed by atoms with Gasteiger partial charge in [0.15, 0.2) is 0 Å². The highest BCUT2D eigenvalue weighted by molar-refractivity contribution is 5.00. The Morgan fingerprint density at radius 3 is 2.56 bits per heavy atom. The summed E-state index contributed by atoms with van der Waals surface area (Å²) in [7, 11) is 0. The van der Waals surface area contributed by atoms with Crippen LogP contribution >= 0.6 is 0 Å². The molecular formula is C9H14. The van der Waals surface area contributed by atoms with Gasteiger partial charge in [-0.3, -0.25) is 0 Å². The van der Waals surface area contributed by atoms with Crippen LogP contribution in [0.25, 0.3) is 0 Å². The summed E-state index contributed by atoms with van der Waals surface area (Å²) in [5, 5.41) is 0. The molecule has 0 saturated heterocycles. The van der Waals surface area contributed by atoms with Gasteiger partial charge in [-0.15, -0.1) is 6.58 Å². The van der Waals surface area contributed by atoms with Crippen molar-refractivity contribution in [3.05, 3.63) is 24.3 Å². The first-order valence-corrected chi connectivity index (χ1v) is 3.58. The summed E-state index contributed by atoms with van der Waals surface area (Å²) in [6.07, 6.45) is 8.30. The van der Waals surface area contributed by atoms with Gasteiger partial charge in [0, 0.05) is 0 Å². The van der Waals surface area contributed by atoms with E-state index in [2.05, 4.69) is 25.7 Å². The van der Waals surface area contributed by atoms with E-state index in [1.54, 1.807) is 0 Å². The van der Waals surface area contributed by atoms with E-state index in [4.69, 9.17) is 0 Å². The lowest BCUT2D eigenvalue weighted by atomic mass is 9.99. The minimum absolute atomic E-state index is 0.877. The largest absolute Gasteiger partial charge is 0.100 e. The first-order valence-electron chi connectivity index (χ1n) is 3.58. The fourth-order valence-corrected chi connectivity index (χ4v) is 1.33. The van der Waals surface area contributed by atoms with E-state index in [-0.39, 0.29) is 0 Å². The van der Waals surface area contributed by atoms with Gasteiger partial charge < -0.3 is 0 Å². The van der Waals surface area contributed by atoms with Crippen LogP contribution in [-0.4, -0.2) is 0 Å². The van der Waals surface area contributed by atoms with Crippen molar-refractivity contribution < 1.29 is 0 Å². The summed E-state index contributed by atoms with van der Waals surface area (Å²) >= 11 is 0. The Bertz CT molecular complexity index is 123. The van der Waals surface area contributed by atoms with Gasteiger partial charge in [0.1, 0.15) is 0 Å². The second kappa shape index (κ2) is 2.86. The van der Waals surface area contributed by atoms with E-state index < -0.39 is 0 Å². The lowest BCUT2D eigenvalue weighted by molar-refractivity contribution is 0.565. The first kappa shape index (κ1) is 6.60. The highest BCUT2D eigenvalue weighted by Gasteiger charge is 2.08. The van der Waals surface area contributed by atoms with Gasteiger partial charge in [0.25, 0.3) is 0 Å². The summed E-state index contributed by atoms with van der Waals surface area (Å²) in [5.74, 6) is 0.877. The average molecular weight is 122 g/mol. The Morgan fingerprint density at radius 2 is 2.11 bits per heavy atom. The van der Waals surface area contributed by atoms with Crippen LogP contribution in [0.15, 0.2) is 24.3 Å². The molecule has 0 atom stereocenters. The van der Waals surface area contributed by atoms with Crippen LogP contribution in [0.4, 0.5) is 0 Å². The molecule has 0 N–H and O–H groups in total. The minimum Gasteiger partial charge on any atom is -0.100 e. The fourth-order valence-electron chi connectivity index (χ4n) is 1.33. The number of allylic oxidation sites excluding steroid dienone is 3. The Labute approximate surface area is 57.3 Å². The van der Waals surface area contributed by atoms with Crippen LogP contribution in [-0.2, 0) is 0 Å². The van der Waals surface area contributed by atoms with Gasteiger partial charge in [-0.1, -0.05) is 17.7 Å². The highest BCUT2D eigenvalue weighted by Crippen LogP contribution is 2.23. The fraction of sp³-hybridized carbons (Fsp3) is 0.556. The molecule has 0 heterocycles. The quantitative estimate of drug-likeness (QED) is 0.494. The molecule has 0 bridgehead atoms. The van der Waals surface area contributed by atoms with E-state index in [0.29, 0.717) is 0 Å². The lowest BCUT2D eigenvalue weighted by Gasteiger charge is -2.06. The predicted molar refractivity (Wildman–Crippen MR) is 41.3 cm³/mol. The van der Waals surface area contributed by atoms with Crippen molar-refractivity contribution in [2.75, 3.05) is 0 Å². The van der Waals surface area contributed by atoms with Gasteiger partial charge in [0.05, 0.1) is 0 Å². The van der Waals surface area contributed by atoms with Gasteiger partial charge in [-0.25, -0.2) is 0 Å². The Morgan fingerprint density at radius 1 is 1.56 bits per heavy atom. The molecule has 0 fully saturated rings. The van der Waals surface area contributed by atoms with E-state index in [1.165, 1.54) is 24.8 Å². The maximum absolute atomic E-state index is 3.89. The van der Waals surface area contributed by atoms with Crippen LogP contribution in [0.1, 0.15) is 26.2 Å². The van der Waals surface area contributed by atoms with Crippen LogP contribution < -0.4 is 0 Å². The summed E-state index contributed by atoms with van der Waals surface area (Å²) in [5.41, 5.74) is 1.32. The summed E-state index contributed by atoms with van der Waals surface area (Å²) in [6, 6.07) is 0. The van der Waals surface area contributed by atoms with Crippen molar-refractivity contribution in [2.24, 2.45) is 5.92 Å². The molecule has 9 heavy (non-hydrogen) atoms. The molecule has 0 aliphatic heterocycles. The molecule has 0 nitrogen and oxygen atoms in total. The van der Waals surface area contributed by atoms with E-state index in [9.17, 15) is 0 Å². The Balaban J connectivity index is 2.22. The summed E-state index contributed by atoms with van der Waals surface area (Å²) in [4.78, 5) is 0. The topological polar surface area (TPSA) is 0 Å². The van der Waals surface area contributed by atoms with E-state index >= 15 is 0 Å². The van der Waals surface area contributed by atoms with Crippen molar-refractivity contribution in [1.82, 2.24) is 0 Å². The van der Waals surface area contributed by atoms with Gasteiger partial charge >= 0.3 is 0 Å². The second-order valence-electron chi connectivity index (χ2n) is 2.97. The van der Waals surface area contributed by atoms with Crippen molar-refractivity contribution in [3.63, 3.8) is 0 Å². The molecule has 0 amide bonds. The lowest BCUT2D eigenvalue weighted by Crippen LogP contribution is -1.92. The molecule has 0 aromatic heterocycles. The van der Waals surface area contributed by atoms with Crippen LogP contribution in [0.5, 0.6) is 0 Å². The van der Waals surface area contributed by atoms with Crippen molar-refractivity contribution in [2.45, 2.75) is 26.2 Å². The van der Waals surface area contributed by atoms with Crippen molar-refractivity contribution >= 4 is 0 Å². The van der Waals surface area contributed by atoms with Crippen molar-refractivity contribution in [3.8, 4) is 0 Å². The molecule has 0 aromatic carbocycles. The third-order valence-electron chi connectivity index (χ3n) is 1.74. The van der Waals surface area contributed by atoms with Crippen LogP contribution in [0.2, 0.25) is 0 Å². The predicted octanol–water partition coefficient (Wildman–Crippen LogP) is 2.92. The monoisotopic (exact) mass is 122 g/mol. The third-order valence-corrected chi connectivity index (χ3v) is 1.74. The van der Waals surface area contributed by atoms with E-state index in [0.717, 1.165) is 5.92 Å². The summed E-state index contributed by atoms with van der Waals surface area (Å²) in [6.45, 7) is 6.00. The molecule has 0 spiro atoms. The molecule has 0 saturated carbocycles. The molecular weight excluding hydrogens is 108 g/mol. The maximum atomic E-state index is 3.89. The molecule has 0 heteroatoms. The molecule has 1 aliphatic rings. The smallest absolute Gasteiger partial charge is 0.0291 e. The zero-order chi connectivity index (χ0) is 6.69. The highest BCUT2D eigenvalue weighted by atomic mass is 14.1. The van der Waals surface area contributed by atoms with Gasteiger partial charge in [-0.05, 0) is 32.1 Å². The third kappa shape index (κ3) is 2.05. The molecule has 1 aliphatic carbocycles. The molecule has 0 aromatic rings. The molecule has 0 radical (unpaired) electrons.